The first kappa shape index (κ1) is 12.0. The summed E-state index contributed by atoms with van der Waals surface area (Å²) < 4.78 is 0. The van der Waals surface area contributed by atoms with Crippen LogP contribution in [0.4, 0.5) is 0 Å². The molecular weight excluding hydrogens is 224 g/mol. The Balaban J connectivity index is 1.38. The minimum atomic E-state index is 0.350. The van der Waals surface area contributed by atoms with Gasteiger partial charge in [0.2, 0.25) is 0 Å². The number of hydrogen-bond donors (Lipinski definition) is 2. The van der Waals surface area contributed by atoms with E-state index in [0.29, 0.717) is 11.8 Å². The summed E-state index contributed by atoms with van der Waals surface area (Å²) in [6.07, 6.45) is 5.17. The predicted octanol–water partition coefficient (Wildman–Crippen LogP) is 1.76. The fourth-order valence-corrected chi connectivity index (χ4v) is 2.81. The number of aromatic hydroxyl groups is 1. The lowest BCUT2D eigenvalue weighted by atomic mass is 10.1. The summed E-state index contributed by atoms with van der Waals surface area (Å²) in [5.74, 6) is 0.350. The first-order chi connectivity index (χ1) is 8.81. The van der Waals surface area contributed by atoms with E-state index in [1.54, 1.807) is 12.1 Å². The van der Waals surface area contributed by atoms with Crippen LogP contribution >= 0.6 is 0 Å². The number of phenols is 1. The van der Waals surface area contributed by atoms with Crippen LogP contribution in [-0.4, -0.2) is 41.7 Å². The third-order valence-electron chi connectivity index (χ3n) is 4.07. The van der Waals surface area contributed by atoms with E-state index in [9.17, 15) is 5.11 Å². The van der Waals surface area contributed by atoms with E-state index >= 15 is 0 Å². The Kier molecular flexibility index (Phi) is 3.52. The van der Waals surface area contributed by atoms with Gasteiger partial charge in [0.1, 0.15) is 5.75 Å². The second kappa shape index (κ2) is 5.29. The molecule has 1 heterocycles. The predicted molar refractivity (Wildman–Crippen MR) is 72.8 cm³/mol. The molecule has 2 N–H and O–H groups in total. The Labute approximate surface area is 109 Å². The average Bonchev–Trinajstić information content (AvgIpc) is 3.12. The number of rotatable bonds is 5. The Morgan fingerprint density at radius 3 is 2.67 bits per heavy atom. The molecule has 3 nitrogen and oxygen atoms in total. The molecule has 98 valence electrons. The van der Waals surface area contributed by atoms with Gasteiger partial charge >= 0.3 is 0 Å². The van der Waals surface area contributed by atoms with Crippen molar-refractivity contribution in [2.45, 2.75) is 37.8 Å². The lowest BCUT2D eigenvalue weighted by Gasteiger charge is -2.15. The van der Waals surface area contributed by atoms with Crippen molar-refractivity contribution in [1.82, 2.24) is 10.2 Å². The van der Waals surface area contributed by atoms with E-state index in [4.69, 9.17) is 0 Å². The Bertz CT molecular complexity index is 386. The highest BCUT2D eigenvalue weighted by Gasteiger charge is 2.33. The normalized spacial score (nSPS) is 24.6. The van der Waals surface area contributed by atoms with Gasteiger partial charge in [-0.1, -0.05) is 12.1 Å². The van der Waals surface area contributed by atoms with Crippen molar-refractivity contribution in [3.8, 4) is 5.75 Å². The molecule has 1 saturated carbocycles. The number of likely N-dealkylation sites (tertiary alicyclic amines) is 1. The van der Waals surface area contributed by atoms with Crippen LogP contribution in [0.2, 0.25) is 0 Å². The summed E-state index contributed by atoms with van der Waals surface area (Å²) >= 11 is 0. The zero-order chi connectivity index (χ0) is 12.4. The van der Waals surface area contributed by atoms with Gasteiger partial charge in [-0.15, -0.1) is 0 Å². The highest BCUT2D eigenvalue weighted by atomic mass is 16.3. The zero-order valence-corrected chi connectivity index (χ0v) is 10.8. The Morgan fingerprint density at radius 2 is 1.94 bits per heavy atom. The van der Waals surface area contributed by atoms with Crippen LogP contribution in [0, 0.1) is 0 Å². The van der Waals surface area contributed by atoms with Crippen molar-refractivity contribution in [3.05, 3.63) is 29.8 Å². The van der Waals surface area contributed by atoms with Gasteiger partial charge in [0.15, 0.2) is 0 Å². The molecule has 3 rings (SSSR count). The van der Waals surface area contributed by atoms with Crippen LogP contribution in [0.3, 0.4) is 0 Å². The number of benzene rings is 1. The fourth-order valence-electron chi connectivity index (χ4n) is 2.81. The third kappa shape index (κ3) is 3.03. The second-order valence-electron chi connectivity index (χ2n) is 5.58. The van der Waals surface area contributed by atoms with Gasteiger partial charge in [0.05, 0.1) is 0 Å². The standard InChI is InChI=1S/C15H22N2O/c18-15-5-1-12(2-6-15)7-9-16-13-8-10-17(11-13)14-3-4-14/h1-2,5-6,13-14,16,18H,3-4,7-11H2. The lowest BCUT2D eigenvalue weighted by Crippen LogP contribution is -2.34. The van der Waals surface area contributed by atoms with Gasteiger partial charge in [-0.3, -0.25) is 4.90 Å². The minimum absolute atomic E-state index is 0.350. The summed E-state index contributed by atoms with van der Waals surface area (Å²) in [4.78, 5) is 2.64. The van der Waals surface area contributed by atoms with Gasteiger partial charge in [-0.2, -0.15) is 0 Å². The van der Waals surface area contributed by atoms with Gasteiger partial charge in [0.25, 0.3) is 0 Å². The van der Waals surface area contributed by atoms with Gasteiger partial charge in [0, 0.05) is 25.2 Å². The van der Waals surface area contributed by atoms with Gasteiger partial charge in [-0.05, 0) is 49.9 Å². The first-order valence-corrected chi connectivity index (χ1v) is 7.06. The maximum atomic E-state index is 9.22. The van der Waals surface area contributed by atoms with E-state index < -0.39 is 0 Å². The Morgan fingerprint density at radius 1 is 1.17 bits per heavy atom. The molecule has 1 aromatic rings. The molecule has 1 unspecified atom stereocenters. The molecule has 1 saturated heterocycles. The van der Waals surface area contributed by atoms with Gasteiger partial charge in [-0.25, -0.2) is 0 Å². The largest absolute Gasteiger partial charge is 0.508 e. The van der Waals surface area contributed by atoms with Crippen LogP contribution in [0.15, 0.2) is 24.3 Å². The Hall–Kier alpha value is -1.06. The maximum absolute atomic E-state index is 9.22. The average molecular weight is 246 g/mol. The molecule has 0 spiro atoms. The van der Waals surface area contributed by atoms with Crippen molar-refractivity contribution in [2.24, 2.45) is 0 Å². The zero-order valence-electron chi connectivity index (χ0n) is 10.8. The van der Waals surface area contributed by atoms with Crippen LogP contribution in [0.1, 0.15) is 24.8 Å². The highest BCUT2D eigenvalue weighted by molar-refractivity contribution is 5.25. The van der Waals surface area contributed by atoms with Crippen LogP contribution in [-0.2, 0) is 6.42 Å². The topological polar surface area (TPSA) is 35.5 Å². The molecular formula is C15H22N2O. The molecule has 3 heteroatoms. The van der Waals surface area contributed by atoms with Crippen molar-refractivity contribution < 1.29 is 5.11 Å². The second-order valence-corrected chi connectivity index (χ2v) is 5.58. The van der Waals surface area contributed by atoms with E-state index in [1.165, 1.54) is 37.9 Å². The van der Waals surface area contributed by atoms with E-state index in [2.05, 4.69) is 10.2 Å². The highest BCUT2D eigenvalue weighted by Crippen LogP contribution is 2.29. The number of hydrogen-bond acceptors (Lipinski definition) is 3. The molecule has 2 fully saturated rings. The lowest BCUT2D eigenvalue weighted by molar-refractivity contribution is 0.318. The number of nitrogens with one attached hydrogen (secondary N) is 1. The van der Waals surface area contributed by atoms with Crippen LogP contribution in [0.25, 0.3) is 0 Å². The summed E-state index contributed by atoms with van der Waals surface area (Å²) in [6.45, 7) is 3.55. The van der Waals surface area contributed by atoms with Crippen LogP contribution in [0.5, 0.6) is 5.75 Å². The third-order valence-corrected chi connectivity index (χ3v) is 4.07. The van der Waals surface area contributed by atoms with Crippen LogP contribution < -0.4 is 5.32 Å². The molecule has 0 aromatic heterocycles. The smallest absolute Gasteiger partial charge is 0.115 e. The quantitative estimate of drug-likeness (QED) is 0.831. The molecule has 0 amide bonds. The fraction of sp³-hybridized carbons (Fsp3) is 0.600. The van der Waals surface area contributed by atoms with E-state index in [1.807, 2.05) is 12.1 Å². The molecule has 0 bridgehead atoms. The molecule has 2 aliphatic rings. The molecule has 1 aliphatic carbocycles. The van der Waals surface area contributed by atoms with E-state index in [0.717, 1.165) is 19.0 Å². The number of phenolic OH excluding ortho intramolecular Hbond substituents is 1. The monoisotopic (exact) mass is 246 g/mol. The molecule has 0 radical (unpaired) electrons. The summed E-state index contributed by atoms with van der Waals surface area (Å²) in [5, 5.41) is 12.9. The molecule has 1 atom stereocenters. The van der Waals surface area contributed by atoms with Crippen molar-refractivity contribution in [3.63, 3.8) is 0 Å². The summed E-state index contributed by atoms with van der Waals surface area (Å²) in [6, 6.07) is 9.13. The maximum Gasteiger partial charge on any atom is 0.115 e. The molecule has 1 aliphatic heterocycles. The molecule has 18 heavy (non-hydrogen) atoms. The summed E-state index contributed by atoms with van der Waals surface area (Å²) in [5.41, 5.74) is 1.29. The van der Waals surface area contributed by atoms with Crippen molar-refractivity contribution in [1.29, 1.82) is 0 Å². The summed E-state index contributed by atoms with van der Waals surface area (Å²) in [7, 11) is 0. The molecule has 1 aromatic carbocycles. The van der Waals surface area contributed by atoms with Gasteiger partial charge < -0.3 is 10.4 Å². The minimum Gasteiger partial charge on any atom is -0.508 e. The number of nitrogens with zero attached hydrogens (tertiary/aromatic N) is 1. The van der Waals surface area contributed by atoms with Crippen molar-refractivity contribution in [2.75, 3.05) is 19.6 Å². The van der Waals surface area contributed by atoms with E-state index in [-0.39, 0.29) is 0 Å². The first-order valence-electron chi connectivity index (χ1n) is 7.06. The SMILES string of the molecule is Oc1ccc(CCNC2CCN(C3CC3)C2)cc1. The van der Waals surface area contributed by atoms with Crippen molar-refractivity contribution >= 4 is 0 Å².